The van der Waals surface area contributed by atoms with Crippen molar-refractivity contribution in [1.82, 2.24) is 4.90 Å². The van der Waals surface area contributed by atoms with Gasteiger partial charge in [-0.1, -0.05) is 12.1 Å². The minimum absolute atomic E-state index is 0.0387. The van der Waals surface area contributed by atoms with E-state index in [1.807, 2.05) is 65.6 Å². The van der Waals surface area contributed by atoms with Crippen LogP contribution in [0.3, 0.4) is 0 Å². The number of nitrogens with zero attached hydrogens (tertiary/aromatic N) is 1. The summed E-state index contributed by atoms with van der Waals surface area (Å²) in [6, 6.07) is 12.2. The summed E-state index contributed by atoms with van der Waals surface area (Å²) in [5.74, 6) is 0.420. The number of hydrogen-bond acceptors (Lipinski definition) is 2. The van der Waals surface area contributed by atoms with E-state index >= 15 is 0 Å². The molecule has 0 saturated heterocycles. The molecule has 0 saturated carbocycles. The number of methoxy groups -OCH3 is 1. The highest BCUT2D eigenvalue weighted by Gasteiger charge is 2.22. The van der Waals surface area contributed by atoms with Gasteiger partial charge in [0.05, 0.1) is 12.7 Å². The van der Waals surface area contributed by atoms with E-state index in [1.165, 1.54) is 12.1 Å². The molecule has 0 bridgehead atoms. The van der Waals surface area contributed by atoms with Gasteiger partial charge in [-0.25, -0.2) is 4.39 Å². The van der Waals surface area contributed by atoms with Gasteiger partial charge in [-0.2, -0.15) is 0 Å². The van der Waals surface area contributed by atoms with E-state index in [-0.39, 0.29) is 17.8 Å². The first-order chi connectivity index (χ1) is 11.5. The molecule has 0 aliphatic carbocycles. The standard InChI is InChI=1S/C19H21FINO2/c1-4-22(19(23)17-10-7-15(20)12-18(17)21)13(2)11-14-5-8-16(24-3)9-6-14/h5-10,12-13H,4,11H2,1-3H3/t13-/m1/s1. The summed E-state index contributed by atoms with van der Waals surface area (Å²) in [7, 11) is 1.64. The van der Waals surface area contributed by atoms with E-state index < -0.39 is 0 Å². The third kappa shape index (κ3) is 4.47. The van der Waals surface area contributed by atoms with Crippen LogP contribution in [0.5, 0.6) is 5.75 Å². The Kier molecular flexibility index (Phi) is 6.60. The van der Waals surface area contributed by atoms with E-state index in [2.05, 4.69) is 0 Å². The van der Waals surface area contributed by atoms with Gasteiger partial charge in [0.2, 0.25) is 0 Å². The minimum Gasteiger partial charge on any atom is -0.497 e. The van der Waals surface area contributed by atoms with Gasteiger partial charge in [0.1, 0.15) is 11.6 Å². The smallest absolute Gasteiger partial charge is 0.255 e. The summed E-state index contributed by atoms with van der Waals surface area (Å²) >= 11 is 2.00. The Morgan fingerprint density at radius 2 is 1.92 bits per heavy atom. The zero-order valence-corrected chi connectivity index (χ0v) is 16.2. The van der Waals surface area contributed by atoms with Crippen LogP contribution in [0.2, 0.25) is 0 Å². The summed E-state index contributed by atoms with van der Waals surface area (Å²) in [5, 5.41) is 0. The topological polar surface area (TPSA) is 29.5 Å². The second-order valence-corrected chi connectivity index (χ2v) is 6.78. The van der Waals surface area contributed by atoms with Crippen molar-refractivity contribution in [2.75, 3.05) is 13.7 Å². The molecule has 0 N–H and O–H groups in total. The summed E-state index contributed by atoms with van der Waals surface area (Å²) in [6.07, 6.45) is 0.751. The Morgan fingerprint density at radius 1 is 1.25 bits per heavy atom. The highest BCUT2D eigenvalue weighted by molar-refractivity contribution is 14.1. The number of halogens is 2. The molecule has 0 aromatic heterocycles. The first kappa shape index (κ1) is 18.7. The summed E-state index contributed by atoms with van der Waals surface area (Å²) in [4.78, 5) is 14.6. The van der Waals surface area contributed by atoms with E-state index in [0.29, 0.717) is 15.7 Å². The predicted octanol–water partition coefficient (Wildman–Crippen LogP) is 4.53. The quantitative estimate of drug-likeness (QED) is 0.617. The molecule has 0 radical (unpaired) electrons. The third-order valence-corrected chi connectivity index (χ3v) is 4.88. The van der Waals surface area contributed by atoms with Crippen LogP contribution in [0, 0.1) is 9.39 Å². The van der Waals surface area contributed by atoms with Gasteiger partial charge in [0.15, 0.2) is 0 Å². The first-order valence-electron chi connectivity index (χ1n) is 7.85. The van der Waals surface area contributed by atoms with Crippen LogP contribution in [0.1, 0.15) is 29.8 Å². The minimum atomic E-state index is -0.328. The van der Waals surface area contributed by atoms with Gasteiger partial charge in [-0.05, 0) is 78.8 Å². The lowest BCUT2D eigenvalue weighted by Crippen LogP contribution is -2.40. The summed E-state index contributed by atoms with van der Waals surface area (Å²) in [5.41, 5.74) is 1.68. The maximum Gasteiger partial charge on any atom is 0.255 e. The largest absolute Gasteiger partial charge is 0.497 e. The third-order valence-electron chi connectivity index (χ3n) is 3.99. The molecule has 1 amide bonds. The number of rotatable bonds is 6. The molecule has 3 nitrogen and oxygen atoms in total. The van der Waals surface area contributed by atoms with Crippen molar-refractivity contribution in [3.05, 3.63) is 63.0 Å². The summed E-state index contributed by atoms with van der Waals surface area (Å²) < 4.78 is 19.1. The van der Waals surface area contributed by atoms with Gasteiger partial charge in [0.25, 0.3) is 5.91 Å². The Hall–Kier alpha value is -1.63. The van der Waals surface area contributed by atoms with Gasteiger partial charge in [-0.3, -0.25) is 4.79 Å². The lowest BCUT2D eigenvalue weighted by Gasteiger charge is -2.28. The number of hydrogen-bond donors (Lipinski definition) is 0. The maximum atomic E-state index is 13.3. The SMILES string of the molecule is CCN(C(=O)c1ccc(F)cc1I)[C@H](C)Cc1ccc(OC)cc1. The van der Waals surface area contributed by atoms with Gasteiger partial charge >= 0.3 is 0 Å². The van der Waals surface area contributed by atoms with E-state index in [4.69, 9.17) is 4.74 Å². The molecule has 0 heterocycles. The molecule has 0 aliphatic heterocycles. The van der Waals surface area contributed by atoms with Crippen molar-refractivity contribution in [2.45, 2.75) is 26.3 Å². The Balaban J connectivity index is 2.14. The zero-order valence-electron chi connectivity index (χ0n) is 14.1. The Labute approximate surface area is 156 Å². The van der Waals surface area contributed by atoms with E-state index in [9.17, 15) is 9.18 Å². The Morgan fingerprint density at radius 3 is 2.46 bits per heavy atom. The molecule has 128 valence electrons. The molecular weight excluding hydrogens is 420 g/mol. The molecule has 1 atom stereocenters. The van der Waals surface area contributed by atoms with Crippen LogP contribution in [-0.2, 0) is 6.42 Å². The number of likely N-dealkylation sites (N-methyl/N-ethyl adjacent to an activating group) is 1. The zero-order chi connectivity index (χ0) is 17.7. The number of ether oxygens (including phenoxy) is 1. The highest BCUT2D eigenvalue weighted by Crippen LogP contribution is 2.19. The fourth-order valence-electron chi connectivity index (χ4n) is 2.69. The molecule has 0 aliphatic rings. The highest BCUT2D eigenvalue weighted by atomic mass is 127. The summed E-state index contributed by atoms with van der Waals surface area (Å²) in [6.45, 7) is 4.59. The molecule has 2 aromatic rings. The second kappa shape index (κ2) is 8.46. The molecule has 2 rings (SSSR count). The molecule has 0 fully saturated rings. The van der Waals surface area contributed by atoms with Crippen molar-refractivity contribution in [2.24, 2.45) is 0 Å². The lowest BCUT2D eigenvalue weighted by atomic mass is 10.0. The molecule has 5 heteroatoms. The van der Waals surface area contributed by atoms with Crippen LogP contribution in [0.15, 0.2) is 42.5 Å². The van der Waals surface area contributed by atoms with E-state index in [1.54, 1.807) is 13.2 Å². The average Bonchev–Trinajstić information content (AvgIpc) is 2.56. The van der Waals surface area contributed by atoms with Gasteiger partial charge < -0.3 is 9.64 Å². The first-order valence-corrected chi connectivity index (χ1v) is 8.93. The van der Waals surface area contributed by atoms with Crippen molar-refractivity contribution in [3.63, 3.8) is 0 Å². The van der Waals surface area contributed by atoms with Crippen LogP contribution >= 0.6 is 22.6 Å². The maximum absolute atomic E-state index is 13.3. The van der Waals surface area contributed by atoms with Crippen LogP contribution in [0.4, 0.5) is 4.39 Å². The second-order valence-electron chi connectivity index (χ2n) is 5.62. The number of amides is 1. The van der Waals surface area contributed by atoms with Crippen LogP contribution < -0.4 is 4.74 Å². The normalized spacial score (nSPS) is 11.9. The van der Waals surface area contributed by atoms with Gasteiger partial charge in [0, 0.05) is 16.2 Å². The average molecular weight is 441 g/mol. The van der Waals surface area contributed by atoms with Crippen molar-refractivity contribution < 1.29 is 13.9 Å². The molecule has 0 spiro atoms. The Bertz CT molecular complexity index is 703. The van der Waals surface area contributed by atoms with Crippen molar-refractivity contribution in [3.8, 4) is 5.75 Å². The molecule has 2 aromatic carbocycles. The van der Waals surface area contributed by atoms with Crippen molar-refractivity contribution >= 4 is 28.5 Å². The fourth-order valence-corrected chi connectivity index (χ4v) is 3.39. The number of benzene rings is 2. The molecular formula is C19H21FINO2. The van der Waals surface area contributed by atoms with Gasteiger partial charge in [-0.15, -0.1) is 0 Å². The molecule has 24 heavy (non-hydrogen) atoms. The monoisotopic (exact) mass is 441 g/mol. The van der Waals surface area contributed by atoms with Crippen LogP contribution in [0.25, 0.3) is 0 Å². The fraction of sp³-hybridized carbons (Fsp3) is 0.316. The van der Waals surface area contributed by atoms with Crippen LogP contribution in [-0.4, -0.2) is 30.5 Å². The predicted molar refractivity (Wildman–Crippen MR) is 102 cm³/mol. The molecule has 0 unspecified atom stereocenters. The van der Waals surface area contributed by atoms with E-state index in [0.717, 1.165) is 17.7 Å². The van der Waals surface area contributed by atoms with Crippen molar-refractivity contribution in [1.29, 1.82) is 0 Å². The number of carbonyl (C=O) groups excluding carboxylic acids is 1. The number of carbonyl (C=O) groups is 1. The lowest BCUT2D eigenvalue weighted by molar-refractivity contribution is 0.0702.